The van der Waals surface area contributed by atoms with Crippen LogP contribution in [0.25, 0.3) is 11.4 Å². The third-order valence-corrected chi connectivity index (χ3v) is 5.13. The minimum atomic E-state index is -0.898. The Labute approximate surface area is 185 Å². The molecule has 160 valence electrons. The van der Waals surface area contributed by atoms with Crippen LogP contribution in [0.3, 0.4) is 0 Å². The number of carbonyl (C=O) groups excluding carboxylic acids is 2. The minimum absolute atomic E-state index is 0.238. The lowest BCUT2D eigenvalue weighted by Crippen LogP contribution is -2.29. The molecule has 0 aliphatic heterocycles. The molecular weight excluding hydrogens is 404 g/mol. The van der Waals surface area contributed by atoms with Crippen molar-refractivity contribution in [2.75, 3.05) is 5.32 Å². The molecule has 0 aliphatic rings. The zero-order valence-corrected chi connectivity index (χ0v) is 17.7. The summed E-state index contributed by atoms with van der Waals surface area (Å²) in [6.07, 6.45) is 0. The number of para-hydroxylation sites is 1. The fourth-order valence-electron chi connectivity index (χ4n) is 3.41. The molecule has 0 radical (unpaired) electrons. The molecule has 8 heteroatoms. The molecule has 0 saturated heterocycles. The van der Waals surface area contributed by atoms with Gasteiger partial charge in [-0.3, -0.25) is 9.59 Å². The van der Waals surface area contributed by atoms with E-state index < -0.39 is 11.9 Å². The molecule has 0 saturated carbocycles. The summed E-state index contributed by atoms with van der Waals surface area (Å²) in [5, 5.41) is 15.5. The van der Waals surface area contributed by atoms with E-state index in [1.807, 2.05) is 62.4 Å². The maximum Gasteiger partial charge on any atom is 0.255 e. The first kappa shape index (κ1) is 20.9. The number of tetrazole rings is 1. The Balaban J connectivity index is 1.66. The lowest BCUT2D eigenvalue weighted by molar-refractivity contribution is -0.120. The van der Waals surface area contributed by atoms with E-state index in [4.69, 9.17) is 5.73 Å². The van der Waals surface area contributed by atoms with E-state index in [0.29, 0.717) is 22.4 Å². The van der Waals surface area contributed by atoms with Gasteiger partial charge in [-0.05, 0) is 48.4 Å². The largest absolute Gasteiger partial charge is 0.367 e. The Morgan fingerprint density at radius 3 is 2.34 bits per heavy atom. The number of amides is 2. The van der Waals surface area contributed by atoms with Crippen molar-refractivity contribution in [2.45, 2.75) is 19.9 Å². The summed E-state index contributed by atoms with van der Waals surface area (Å²) >= 11 is 0. The van der Waals surface area contributed by atoms with Crippen molar-refractivity contribution < 1.29 is 9.59 Å². The van der Waals surface area contributed by atoms with Gasteiger partial charge in [-0.2, -0.15) is 0 Å². The van der Waals surface area contributed by atoms with Crippen LogP contribution in [0.4, 0.5) is 5.69 Å². The van der Waals surface area contributed by atoms with E-state index in [9.17, 15) is 9.59 Å². The number of nitrogens with two attached hydrogens (primary N) is 1. The van der Waals surface area contributed by atoms with Crippen molar-refractivity contribution in [3.8, 4) is 11.4 Å². The van der Waals surface area contributed by atoms with Crippen LogP contribution < -0.4 is 11.1 Å². The summed E-state index contributed by atoms with van der Waals surface area (Å²) in [5.41, 5.74) is 9.91. The van der Waals surface area contributed by atoms with E-state index in [-0.39, 0.29) is 11.7 Å². The smallest absolute Gasteiger partial charge is 0.255 e. The maximum absolute atomic E-state index is 12.8. The van der Waals surface area contributed by atoms with Crippen molar-refractivity contribution in [3.63, 3.8) is 0 Å². The van der Waals surface area contributed by atoms with Crippen LogP contribution in [-0.2, 0) is 4.79 Å². The molecule has 0 fully saturated rings. The summed E-state index contributed by atoms with van der Waals surface area (Å²) in [6.45, 7) is 3.83. The molecule has 1 heterocycles. The Morgan fingerprint density at radius 2 is 1.62 bits per heavy atom. The lowest BCUT2D eigenvalue weighted by atomic mass is 10.1. The summed E-state index contributed by atoms with van der Waals surface area (Å²) in [7, 11) is 0. The molecule has 1 aromatic heterocycles. The number of nitrogens with zero attached hydrogens (tertiary/aromatic N) is 4. The number of carbonyl (C=O) groups is 2. The van der Waals surface area contributed by atoms with Gasteiger partial charge in [-0.15, -0.1) is 15.0 Å². The number of aromatic nitrogens is 4. The molecule has 3 N–H and O–H groups in total. The van der Waals surface area contributed by atoms with Gasteiger partial charge < -0.3 is 11.1 Å². The van der Waals surface area contributed by atoms with E-state index >= 15 is 0 Å². The maximum atomic E-state index is 12.8. The first-order valence-corrected chi connectivity index (χ1v) is 10.1. The van der Waals surface area contributed by atoms with Gasteiger partial charge in [0.2, 0.25) is 11.7 Å². The highest BCUT2D eigenvalue weighted by atomic mass is 16.2. The first-order chi connectivity index (χ1) is 15.4. The predicted molar refractivity (Wildman–Crippen MR) is 121 cm³/mol. The van der Waals surface area contributed by atoms with Crippen LogP contribution in [0.15, 0.2) is 72.8 Å². The quantitative estimate of drug-likeness (QED) is 0.491. The molecule has 4 aromatic rings. The van der Waals surface area contributed by atoms with Gasteiger partial charge in [-0.25, -0.2) is 0 Å². The molecular formula is C24H22N6O2. The van der Waals surface area contributed by atoms with Gasteiger partial charge >= 0.3 is 0 Å². The highest BCUT2D eigenvalue weighted by molar-refractivity contribution is 6.06. The highest BCUT2D eigenvalue weighted by Crippen LogP contribution is 2.26. The Morgan fingerprint density at radius 1 is 0.938 bits per heavy atom. The van der Waals surface area contributed by atoms with Crippen molar-refractivity contribution in [2.24, 2.45) is 5.73 Å². The van der Waals surface area contributed by atoms with Gasteiger partial charge in [0.15, 0.2) is 6.04 Å². The molecule has 3 aromatic carbocycles. The number of primary amides is 1. The van der Waals surface area contributed by atoms with Gasteiger partial charge in [0.25, 0.3) is 5.91 Å². The average molecular weight is 426 g/mol. The van der Waals surface area contributed by atoms with E-state index in [2.05, 4.69) is 20.7 Å². The van der Waals surface area contributed by atoms with Crippen LogP contribution in [0.1, 0.15) is 33.1 Å². The molecule has 0 spiro atoms. The normalized spacial score (nSPS) is 11.7. The number of nitrogens with one attached hydrogen (secondary N) is 1. The monoisotopic (exact) mass is 426 g/mol. The third-order valence-electron chi connectivity index (χ3n) is 5.13. The van der Waals surface area contributed by atoms with Crippen LogP contribution in [0.2, 0.25) is 0 Å². The topological polar surface area (TPSA) is 116 Å². The molecule has 0 aliphatic carbocycles. The van der Waals surface area contributed by atoms with Gasteiger partial charge in [0.05, 0.1) is 5.69 Å². The number of hydrogen-bond acceptors (Lipinski definition) is 5. The number of aryl methyl sites for hydroxylation is 2. The summed E-state index contributed by atoms with van der Waals surface area (Å²) in [5.74, 6) is -0.569. The lowest BCUT2D eigenvalue weighted by Gasteiger charge is -2.12. The average Bonchev–Trinajstić information content (AvgIpc) is 3.25. The number of rotatable bonds is 6. The standard InChI is InChI=1S/C24H22N6O2/c1-15-11-13-17(14-12-15)21(22(25)31)30-28-23(27-29-30)19-9-5-6-10-20(19)26-24(32)18-8-4-3-7-16(18)2/h3-14,21H,1-2H3,(H2,25,31)(H,26,32). The van der Waals surface area contributed by atoms with Crippen LogP contribution in [-0.4, -0.2) is 32.0 Å². The van der Waals surface area contributed by atoms with E-state index in [1.165, 1.54) is 4.80 Å². The SMILES string of the molecule is Cc1ccc(C(C(N)=O)n2nnc(-c3ccccc3NC(=O)c3ccccc3C)n2)cc1. The van der Waals surface area contributed by atoms with Crippen LogP contribution >= 0.6 is 0 Å². The molecule has 8 nitrogen and oxygen atoms in total. The van der Waals surface area contributed by atoms with E-state index in [0.717, 1.165) is 11.1 Å². The van der Waals surface area contributed by atoms with Gasteiger partial charge in [0, 0.05) is 11.1 Å². The number of anilines is 1. The predicted octanol–water partition coefficient (Wildman–Crippen LogP) is 3.28. The van der Waals surface area contributed by atoms with Crippen molar-refractivity contribution >= 4 is 17.5 Å². The zero-order chi connectivity index (χ0) is 22.7. The second-order valence-corrected chi connectivity index (χ2v) is 7.46. The molecule has 2 amide bonds. The zero-order valence-electron chi connectivity index (χ0n) is 17.7. The molecule has 1 unspecified atom stereocenters. The summed E-state index contributed by atoms with van der Waals surface area (Å²) < 4.78 is 0. The molecule has 0 bridgehead atoms. The van der Waals surface area contributed by atoms with Crippen molar-refractivity contribution in [3.05, 3.63) is 95.1 Å². The fraction of sp³-hybridized carbons (Fsp3) is 0.125. The molecule has 32 heavy (non-hydrogen) atoms. The fourth-order valence-corrected chi connectivity index (χ4v) is 3.41. The Bertz CT molecular complexity index is 1280. The summed E-state index contributed by atoms with van der Waals surface area (Å²) in [4.78, 5) is 26.2. The summed E-state index contributed by atoms with van der Waals surface area (Å²) in [6, 6.07) is 21.0. The minimum Gasteiger partial charge on any atom is -0.367 e. The van der Waals surface area contributed by atoms with Crippen molar-refractivity contribution in [1.82, 2.24) is 20.2 Å². The molecule has 4 rings (SSSR count). The second-order valence-electron chi connectivity index (χ2n) is 7.46. The second kappa shape index (κ2) is 8.81. The Hall–Kier alpha value is -4.33. The van der Waals surface area contributed by atoms with Crippen LogP contribution in [0.5, 0.6) is 0 Å². The number of hydrogen-bond donors (Lipinski definition) is 2. The van der Waals surface area contributed by atoms with E-state index in [1.54, 1.807) is 24.3 Å². The Kier molecular flexibility index (Phi) is 5.76. The third kappa shape index (κ3) is 4.24. The molecule has 1 atom stereocenters. The van der Waals surface area contributed by atoms with Crippen molar-refractivity contribution in [1.29, 1.82) is 0 Å². The first-order valence-electron chi connectivity index (χ1n) is 10.1. The number of benzene rings is 3. The highest BCUT2D eigenvalue weighted by Gasteiger charge is 2.24. The van der Waals surface area contributed by atoms with Crippen LogP contribution in [0, 0.1) is 13.8 Å². The van der Waals surface area contributed by atoms with Gasteiger partial charge in [-0.1, -0.05) is 60.2 Å². The van der Waals surface area contributed by atoms with Gasteiger partial charge in [0.1, 0.15) is 0 Å².